The molecule has 1 aliphatic rings. The smallest absolute Gasteiger partial charge is 0.0272 e. The highest BCUT2D eigenvalue weighted by molar-refractivity contribution is 7.80. The van der Waals surface area contributed by atoms with Gasteiger partial charge in [-0.15, -0.1) is 0 Å². The molecule has 0 bridgehead atoms. The van der Waals surface area contributed by atoms with E-state index in [1.165, 1.54) is 11.3 Å². The lowest BCUT2D eigenvalue weighted by Crippen LogP contribution is -2.32. The average Bonchev–Trinajstić information content (AvgIpc) is 2.72. The normalized spacial score (nSPS) is 19.7. The van der Waals surface area contributed by atoms with Gasteiger partial charge in [0.1, 0.15) is 0 Å². The molecule has 1 aliphatic heterocycles. The molecule has 0 aromatic rings. The van der Waals surface area contributed by atoms with Crippen LogP contribution < -0.4 is 5.32 Å². The second-order valence-electron chi connectivity index (χ2n) is 4.72. The Hall–Kier alpha value is -0.0300. The molecular weight excluding hydrogens is 230 g/mol. The van der Waals surface area contributed by atoms with Crippen molar-refractivity contribution in [1.29, 1.82) is 0 Å². The molecule has 1 atom stereocenters. The topological polar surface area (TPSA) is 18.5 Å². The van der Waals surface area contributed by atoms with E-state index in [0.717, 1.165) is 32.6 Å². The maximum absolute atomic E-state index is 5.18. The highest BCUT2D eigenvalue weighted by Crippen LogP contribution is 2.07. The van der Waals surface area contributed by atoms with Crippen LogP contribution in [0, 0.1) is 0 Å². The summed E-state index contributed by atoms with van der Waals surface area (Å²) in [6, 6.07) is 0.624. The van der Waals surface area contributed by atoms with Crippen molar-refractivity contribution in [3.8, 4) is 0 Å². The summed E-state index contributed by atoms with van der Waals surface area (Å²) in [6.07, 6.45) is 2.31. The van der Waals surface area contributed by atoms with Gasteiger partial charge in [0.15, 0.2) is 0 Å². The lowest BCUT2D eigenvalue weighted by molar-refractivity contribution is 0.271. The highest BCUT2D eigenvalue weighted by Gasteiger charge is 2.18. The fourth-order valence-electron chi connectivity index (χ4n) is 1.74. The Labute approximate surface area is 113 Å². The van der Waals surface area contributed by atoms with Gasteiger partial charge in [0.25, 0.3) is 0 Å². The van der Waals surface area contributed by atoms with Crippen LogP contribution >= 0.6 is 12.2 Å². The zero-order chi connectivity index (χ0) is 13.3. The van der Waals surface area contributed by atoms with Crippen molar-refractivity contribution in [2.45, 2.75) is 32.7 Å². The molecule has 1 fully saturated rings. The fourth-order valence-corrected chi connectivity index (χ4v) is 2.02. The second-order valence-corrected chi connectivity index (χ2v) is 5.29. The molecule has 0 amide bonds. The third kappa shape index (κ3) is 8.66. The monoisotopic (exact) mass is 259 g/mol. The largest absolute Gasteiger partial charge is 0.309 e. The molecule has 102 valence electrons. The molecule has 0 aliphatic carbocycles. The predicted molar refractivity (Wildman–Crippen MR) is 81.0 cm³/mol. The van der Waals surface area contributed by atoms with Crippen LogP contribution in [0.1, 0.15) is 26.7 Å². The number of likely N-dealkylation sites (N-methyl/N-ethyl adjacent to an activating group) is 2. The van der Waals surface area contributed by atoms with Gasteiger partial charge in [-0.2, -0.15) is 0 Å². The molecule has 0 saturated carbocycles. The molecular formula is C13H29N3S. The van der Waals surface area contributed by atoms with E-state index in [-0.39, 0.29) is 0 Å². The Morgan fingerprint density at radius 1 is 1.18 bits per heavy atom. The molecule has 3 nitrogen and oxygen atoms in total. The molecule has 17 heavy (non-hydrogen) atoms. The van der Waals surface area contributed by atoms with Crippen molar-refractivity contribution in [1.82, 2.24) is 15.1 Å². The number of hydrogen-bond acceptors (Lipinski definition) is 4. The summed E-state index contributed by atoms with van der Waals surface area (Å²) in [7, 11) is 6.42. The van der Waals surface area contributed by atoms with Crippen LogP contribution in [0.25, 0.3) is 0 Å². The van der Waals surface area contributed by atoms with Crippen molar-refractivity contribution in [3.63, 3.8) is 0 Å². The van der Waals surface area contributed by atoms with Crippen LogP contribution in [0.15, 0.2) is 0 Å². The number of nitrogens with one attached hydrogen (secondary N) is 1. The van der Waals surface area contributed by atoms with E-state index in [1.807, 2.05) is 13.8 Å². The Bertz CT molecular complexity index is 207. The number of rotatable bonds is 6. The maximum atomic E-state index is 5.18. The molecule has 1 rings (SSSR count). The lowest BCUT2D eigenvalue weighted by Gasteiger charge is -2.20. The van der Waals surface area contributed by atoms with E-state index in [0.29, 0.717) is 6.04 Å². The molecule has 1 saturated heterocycles. The van der Waals surface area contributed by atoms with Crippen LogP contribution in [0.5, 0.6) is 0 Å². The van der Waals surface area contributed by atoms with E-state index in [2.05, 4.69) is 36.3 Å². The first-order chi connectivity index (χ1) is 8.08. The molecule has 0 aromatic heterocycles. The molecule has 1 heterocycles. The standard InChI is InChI=1S/C11H23N3S.C2H6/c1-13(2)6-7-14(3)5-4-10-8-11(15)9-12-10;1-2/h10,12H,4-9H2,1-3H3;1-2H3. The quantitative estimate of drug-likeness (QED) is 0.731. The molecule has 1 unspecified atom stereocenters. The van der Waals surface area contributed by atoms with E-state index in [1.54, 1.807) is 0 Å². The summed E-state index contributed by atoms with van der Waals surface area (Å²) < 4.78 is 0. The van der Waals surface area contributed by atoms with Crippen molar-refractivity contribution >= 4 is 17.1 Å². The first kappa shape index (κ1) is 17.0. The van der Waals surface area contributed by atoms with Crippen LogP contribution in [-0.4, -0.2) is 68.0 Å². The number of thiocarbonyl (C=S) groups is 1. The van der Waals surface area contributed by atoms with E-state index < -0.39 is 0 Å². The zero-order valence-corrected chi connectivity index (χ0v) is 12.9. The fraction of sp³-hybridized carbons (Fsp3) is 0.923. The summed E-state index contributed by atoms with van der Waals surface area (Å²) in [4.78, 5) is 5.80. The van der Waals surface area contributed by atoms with Gasteiger partial charge in [-0.3, -0.25) is 0 Å². The van der Waals surface area contributed by atoms with Crippen molar-refractivity contribution < 1.29 is 0 Å². The zero-order valence-electron chi connectivity index (χ0n) is 12.1. The van der Waals surface area contributed by atoms with Gasteiger partial charge in [-0.1, -0.05) is 26.1 Å². The molecule has 0 radical (unpaired) electrons. The van der Waals surface area contributed by atoms with Crippen LogP contribution in [0.4, 0.5) is 0 Å². The first-order valence-electron chi connectivity index (χ1n) is 6.66. The highest BCUT2D eigenvalue weighted by atomic mass is 32.1. The van der Waals surface area contributed by atoms with Crippen LogP contribution in [0.2, 0.25) is 0 Å². The summed E-state index contributed by atoms with van der Waals surface area (Å²) in [5.41, 5.74) is 0. The third-order valence-electron chi connectivity index (χ3n) is 2.85. The Kier molecular flexibility index (Phi) is 9.93. The van der Waals surface area contributed by atoms with Crippen molar-refractivity contribution in [3.05, 3.63) is 0 Å². The van der Waals surface area contributed by atoms with E-state index in [9.17, 15) is 0 Å². The van der Waals surface area contributed by atoms with Gasteiger partial charge in [0.05, 0.1) is 0 Å². The first-order valence-corrected chi connectivity index (χ1v) is 7.07. The van der Waals surface area contributed by atoms with Crippen molar-refractivity contribution in [2.24, 2.45) is 0 Å². The minimum absolute atomic E-state index is 0.624. The molecule has 0 spiro atoms. The van der Waals surface area contributed by atoms with E-state index in [4.69, 9.17) is 12.2 Å². The summed E-state index contributed by atoms with van der Waals surface area (Å²) in [5, 5.41) is 3.45. The van der Waals surface area contributed by atoms with Gasteiger partial charge in [0, 0.05) is 30.5 Å². The van der Waals surface area contributed by atoms with Gasteiger partial charge >= 0.3 is 0 Å². The second kappa shape index (κ2) is 9.95. The summed E-state index contributed by atoms with van der Waals surface area (Å²) in [5.74, 6) is 0. The average molecular weight is 259 g/mol. The minimum Gasteiger partial charge on any atom is -0.309 e. The molecule has 1 N–H and O–H groups in total. The molecule has 0 aromatic carbocycles. The van der Waals surface area contributed by atoms with Crippen molar-refractivity contribution in [2.75, 3.05) is 47.3 Å². The summed E-state index contributed by atoms with van der Waals surface area (Å²) >= 11 is 5.18. The Balaban J connectivity index is 0.00000121. The van der Waals surface area contributed by atoms with Gasteiger partial charge < -0.3 is 15.1 Å². The lowest BCUT2D eigenvalue weighted by atomic mass is 10.1. The van der Waals surface area contributed by atoms with Gasteiger partial charge in [-0.25, -0.2) is 0 Å². The number of nitrogens with zero attached hydrogens (tertiary/aromatic N) is 2. The predicted octanol–water partition coefficient (Wildman–Crippen LogP) is 1.63. The van der Waals surface area contributed by atoms with Gasteiger partial charge in [0.2, 0.25) is 0 Å². The summed E-state index contributed by atoms with van der Waals surface area (Å²) in [6.45, 7) is 8.38. The van der Waals surface area contributed by atoms with Gasteiger partial charge in [-0.05, 0) is 40.5 Å². The third-order valence-corrected chi connectivity index (χ3v) is 3.16. The Morgan fingerprint density at radius 3 is 2.29 bits per heavy atom. The van der Waals surface area contributed by atoms with E-state index >= 15 is 0 Å². The Morgan fingerprint density at radius 2 is 1.82 bits per heavy atom. The molecule has 4 heteroatoms. The van der Waals surface area contributed by atoms with Crippen LogP contribution in [-0.2, 0) is 0 Å². The maximum Gasteiger partial charge on any atom is 0.0272 e. The van der Waals surface area contributed by atoms with Crippen LogP contribution in [0.3, 0.4) is 0 Å². The number of hydrogen-bond donors (Lipinski definition) is 1. The minimum atomic E-state index is 0.624. The SMILES string of the molecule is CC.CN(C)CCN(C)CCC1CC(=S)CN1.